The number of aromatic amines is 1. The van der Waals surface area contributed by atoms with Crippen LogP contribution < -0.4 is 11.2 Å². The van der Waals surface area contributed by atoms with Crippen LogP contribution in [-0.2, 0) is 11.3 Å². The van der Waals surface area contributed by atoms with E-state index in [4.69, 9.17) is 0 Å². The molecule has 18 heavy (non-hydrogen) atoms. The van der Waals surface area contributed by atoms with E-state index in [1.807, 2.05) is 0 Å². The maximum atomic E-state index is 11.8. The van der Waals surface area contributed by atoms with E-state index in [0.29, 0.717) is 11.5 Å². The number of Topliss-reactive ketones (excluding diaryl/α,β-unsaturated/α-hetero) is 1. The normalized spacial score (nSPS) is 16.1. The Morgan fingerprint density at radius 3 is 2.61 bits per heavy atom. The Balaban J connectivity index is 2.02. The van der Waals surface area contributed by atoms with Crippen molar-refractivity contribution < 1.29 is 4.79 Å². The van der Waals surface area contributed by atoms with Gasteiger partial charge in [0.25, 0.3) is 5.56 Å². The second kappa shape index (κ2) is 5.33. The van der Waals surface area contributed by atoms with Crippen molar-refractivity contribution in [3.8, 4) is 0 Å². The smallest absolute Gasteiger partial charge is 0.300 e. The summed E-state index contributed by atoms with van der Waals surface area (Å²) in [5, 5.41) is 0. The zero-order valence-corrected chi connectivity index (χ0v) is 9.97. The van der Waals surface area contributed by atoms with Gasteiger partial charge in [0.05, 0.1) is 0 Å². The molecule has 1 saturated carbocycles. The molecule has 5 nitrogen and oxygen atoms in total. The highest BCUT2D eigenvalue weighted by atomic mass is 16.2. The van der Waals surface area contributed by atoms with Crippen LogP contribution in [0.25, 0.3) is 0 Å². The number of aromatic nitrogens is 2. The number of carbonyl (C=O) groups excluding carboxylic acids is 1. The second-order valence-corrected chi connectivity index (χ2v) is 4.11. The molecule has 2 rings (SSSR count). The molecule has 0 aliphatic heterocycles. The summed E-state index contributed by atoms with van der Waals surface area (Å²) in [6.07, 6.45) is 8.77. The lowest BCUT2D eigenvalue weighted by atomic mass is 10.0. The molecule has 1 N–H and O–H groups in total. The number of rotatable bonds is 4. The fourth-order valence-corrected chi connectivity index (χ4v) is 1.71. The number of carbonyl (C=O) groups is 1. The zero-order chi connectivity index (χ0) is 13.1. The van der Waals surface area contributed by atoms with Crippen LogP contribution in [0.2, 0.25) is 0 Å². The van der Waals surface area contributed by atoms with Gasteiger partial charge >= 0.3 is 5.69 Å². The van der Waals surface area contributed by atoms with Crippen LogP contribution in [0, 0.1) is 38.5 Å². The quantitative estimate of drug-likeness (QED) is 0.824. The van der Waals surface area contributed by atoms with Crippen LogP contribution >= 0.6 is 0 Å². The number of aryl methyl sites for hydroxylation is 2. The Hall–Kier alpha value is -1.65. The summed E-state index contributed by atoms with van der Waals surface area (Å²) in [5.74, 6) is 0.625. The van der Waals surface area contributed by atoms with Crippen LogP contribution in [0.15, 0.2) is 15.8 Å². The Kier molecular flexibility index (Phi) is 3.79. The third kappa shape index (κ3) is 2.78. The van der Waals surface area contributed by atoms with Crippen LogP contribution in [0.4, 0.5) is 0 Å². The lowest BCUT2D eigenvalue weighted by Crippen LogP contribution is -2.31. The predicted octanol–water partition coefficient (Wildman–Crippen LogP) is 0.209. The molecule has 5 heteroatoms. The van der Waals surface area contributed by atoms with E-state index in [1.165, 1.54) is 10.8 Å². The van der Waals surface area contributed by atoms with Crippen molar-refractivity contribution in [1.82, 2.24) is 9.55 Å². The first-order valence-electron chi connectivity index (χ1n) is 5.63. The first kappa shape index (κ1) is 12.8. The molecule has 0 atom stereocenters. The lowest BCUT2D eigenvalue weighted by molar-refractivity contribution is -0.116. The van der Waals surface area contributed by atoms with Crippen LogP contribution in [0.1, 0.15) is 12.0 Å². The SMILES string of the molecule is Cc1cn(CCC(=O)[C]2[CH][CH][CH][CH]2)c(=O)[nH]c1=O. The minimum atomic E-state index is -0.485. The van der Waals surface area contributed by atoms with Crippen molar-refractivity contribution in [3.05, 3.63) is 64.2 Å². The van der Waals surface area contributed by atoms with Gasteiger partial charge in [-0.15, -0.1) is 0 Å². The number of H-pyrrole nitrogens is 1. The average molecular weight is 245 g/mol. The molecule has 0 bridgehead atoms. The fourth-order valence-electron chi connectivity index (χ4n) is 1.71. The van der Waals surface area contributed by atoms with Gasteiger partial charge in [0.15, 0.2) is 0 Å². The molecule has 0 unspecified atom stereocenters. The van der Waals surface area contributed by atoms with Crippen molar-refractivity contribution in [3.63, 3.8) is 0 Å². The average Bonchev–Trinajstić information content (AvgIpc) is 2.85. The molecule has 1 aromatic heterocycles. The van der Waals surface area contributed by atoms with E-state index in [2.05, 4.69) is 4.98 Å². The molecule has 0 amide bonds. The van der Waals surface area contributed by atoms with Crippen molar-refractivity contribution in [1.29, 1.82) is 0 Å². The van der Waals surface area contributed by atoms with Crippen LogP contribution in [-0.4, -0.2) is 15.3 Å². The molecular weight excluding hydrogens is 232 g/mol. The van der Waals surface area contributed by atoms with Gasteiger partial charge in [0, 0.05) is 30.6 Å². The van der Waals surface area contributed by atoms with Gasteiger partial charge in [0.2, 0.25) is 0 Å². The number of nitrogens with one attached hydrogen (secondary N) is 1. The topological polar surface area (TPSA) is 71.9 Å². The number of hydrogen-bond acceptors (Lipinski definition) is 3. The summed E-state index contributed by atoms with van der Waals surface area (Å²) in [6, 6.07) is 0. The first-order chi connectivity index (χ1) is 8.58. The Bertz CT molecular complexity index is 550. The lowest BCUT2D eigenvalue weighted by Gasteiger charge is -2.08. The van der Waals surface area contributed by atoms with Gasteiger partial charge in [-0.1, -0.05) is 0 Å². The summed E-state index contributed by atoms with van der Waals surface area (Å²) >= 11 is 0. The van der Waals surface area contributed by atoms with Crippen LogP contribution in [0.5, 0.6) is 0 Å². The standard InChI is InChI=1S/C13H13N2O3/c1-9-8-15(13(18)14-12(9)17)7-6-11(16)10-4-2-3-5-10/h2-5,8H,6-7H2,1H3,(H,14,17,18). The van der Waals surface area contributed by atoms with Crippen molar-refractivity contribution in [2.75, 3.05) is 0 Å². The monoisotopic (exact) mass is 245 g/mol. The molecule has 1 aromatic rings. The second-order valence-electron chi connectivity index (χ2n) is 4.11. The summed E-state index contributed by atoms with van der Waals surface area (Å²) in [5.41, 5.74) is -0.421. The van der Waals surface area contributed by atoms with Crippen molar-refractivity contribution in [2.24, 2.45) is 0 Å². The zero-order valence-electron chi connectivity index (χ0n) is 9.97. The molecule has 0 aromatic carbocycles. The predicted molar refractivity (Wildman–Crippen MR) is 66.1 cm³/mol. The molecule has 0 spiro atoms. The van der Waals surface area contributed by atoms with Gasteiger partial charge in [-0.25, -0.2) is 4.79 Å². The molecule has 93 valence electrons. The molecular formula is C13H13N2O3. The largest absolute Gasteiger partial charge is 0.328 e. The van der Waals surface area contributed by atoms with E-state index >= 15 is 0 Å². The molecule has 1 heterocycles. The van der Waals surface area contributed by atoms with E-state index in [1.54, 1.807) is 32.6 Å². The summed E-state index contributed by atoms with van der Waals surface area (Å²) in [4.78, 5) is 36.6. The van der Waals surface area contributed by atoms with Gasteiger partial charge in [0.1, 0.15) is 5.78 Å². The minimum absolute atomic E-state index is 0.0178. The molecule has 5 radical (unpaired) electrons. The molecule has 1 fully saturated rings. The molecule has 1 aliphatic rings. The summed E-state index contributed by atoms with van der Waals surface area (Å²) in [6.45, 7) is 1.88. The van der Waals surface area contributed by atoms with Crippen molar-refractivity contribution >= 4 is 5.78 Å². The maximum Gasteiger partial charge on any atom is 0.328 e. The third-order valence-electron chi connectivity index (χ3n) is 2.75. The van der Waals surface area contributed by atoms with Gasteiger partial charge in [-0.05, 0) is 32.6 Å². The van der Waals surface area contributed by atoms with E-state index in [-0.39, 0.29) is 18.7 Å². The summed E-state index contributed by atoms with van der Waals surface area (Å²) in [7, 11) is 0. The minimum Gasteiger partial charge on any atom is -0.300 e. The summed E-state index contributed by atoms with van der Waals surface area (Å²) < 4.78 is 1.34. The van der Waals surface area contributed by atoms with Crippen molar-refractivity contribution in [2.45, 2.75) is 19.9 Å². The maximum absolute atomic E-state index is 11.8. The van der Waals surface area contributed by atoms with E-state index in [0.717, 1.165) is 0 Å². The Morgan fingerprint density at radius 1 is 1.28 bits per heavy atom. The van der Waals surface area contributed by atoms with Crippen LogP contribution in [0.3, 0.4) is 0 Å². The van der Waals surface area contributed by atoms with Gasteiger partial charge in [-0.2, -0.15) is 0 Å². The molecule has 0 saturated heterocycles. The highest BCUT2D eigenvalue weighted by Gasteiger charge is 2.23. The van der Waals surface area contributed by atoms with E-state index in [9.17, 15) is 14.4 Å². The highest BCUT2D eigenvalue weighted by molar-refractivity contribution is 5.97. The Labute approximate surface area is 105 Å². The third-order valence-corrected chi connectivity index (χ3v) is 2.75. The Morgan fingerprint density at radius 2 is 1.94 bits per heavy atom. The number of nitrogens with zero attached hydrogens (tertiary/aromatic N) is 1. The van der Waals surface area contributed by atoms with Gasteiger partial charge in [-0.3, -0.25) is 19.1 Å². The number of hydrogen-bond donors (Lipinski definition) is 1. The van der Waals surface area contributed by atoms with Gasteiger partial charge < -0.3 is 0 Å². The van der Waals surface area contributed by atoms with E-state index < -0.39 is 11.2 Å². The fraction of sp³-hybridized carbons (Fsp3) is 0.231. The highest BCUT2D eigenvalue weighted by Crippen LogP contribution is 2.24. The first-order valence-corrected chi connectivity index (χ1v) is 5.63. The molecule has 1 aliphatic carbocycles. The number of ketones is 1.